The van der Waals surface area contributed by atoms with Crippen LogP contribution in [0.3, 0.4) is 0 Å². The van der Waals surface area contributed by atoms with Crippen molar-refractivity contribution in [3.8, 4) is 0 Å². The fourth-order valence-corrected chi connectivity index (χ4v) is 2.05. The predicted molar refractivity (Wildman–Crippen MR) is 63.5 cm³/mol. The molecule has 1 aromatic carbocycles. The second-order valence-corrected chi connectivity index (χ2v) is 4.89. The van der Waals surface area contributed by atoms with Crippen molar-refractivity contribution in [2.45, 2.75) is 47.0 Å². The molecule has 0 heterocycles. The van der Waals surface area contributed by atoms with E-state index in [2.05, 4.69) is 59.7 Å². The first-order chi connectivity index (χ1) is 6.37. The van der Waals surface area contributed by atoms with Crippen LogP contribution in [-0.2, 0) is 38.1 Å². The molecule has 0 aliphatic rings. The molecule has 0 aromatic heterocycles. The molecular weight excluding hydrogens is 257 g/mol. The molecule has 0 amide bonds. The maximum Gasteiger partial charge on any atom is 0 e. The minimum Gasteiger partial charge on any atom is -0.310 e. The molecule has 0 unspecified atom stereocenters. The first kappa shape index (κ1) is 15.3. The Morgan fingerprint density at radius 1 is 1.00 bits per heavy atom. The van der Waals surface area contributed by atoms with Crippen LogP contribution in [0.2, 0.25) is 0 Å². The summed E-state index contributed by atoms with van der Waals surface area (Å²) in [7, 11) is 0. The van der Waals surface area contributed by atoms with Crippen LogP contribution in [0.5, 0.6) is 0 Å². The van der Waals surface area contributed by atoms with Crippen molar-refractivity contribution >= 4 is 0 Å². The van der Waals surface area contributed by atoms with E-state index < -0.39 is 0 Å². The van der Waals surface area contributed by atoms with E-state index in [-0.39, 0.29) is 38.1 Å². The SMILES string of the molecule is Cc1cccc(C)c1C(C)(C)[C-](C)C.[Y]. The number of hydrogen-bond acceptors (Lipinski definition) is 0. The van der Waals surface area contributed by atoms with Crippen LogP contribution in [-0.4, -0.2) is 0 Å². The molecule has 1 radical (unpaired) electrons. The van der Waals surface area contributed by atoms with Gasteiger partial charge in [-0.15, -0.1) is 5.41 Å². The summed E-state index contributed by atoms with van der Waals surface area (Å²) in [5, 5.41) is 0. The van der Waals surface area contributed by atoms with Crippen LogP contribution in [0.15, 0.2) is 18.2 Å². The first-order valence-electron chi connectivity index (χ1n) is 5.24. The van der Waals surface area contributed by atoms with Crippen LogP contribution in [0.4, 0.5) is 0 Å². The molecule has 0 spiro atoms. The van der Waals surface area contributed by atoms with Gasteiger partial charge in [-0.2, -0.15) is 13.8 Å². The Bertz CT molecular complexity index is 304. The third-order valence-electron chi connectivity index (χ3n) is 3.36. The molecule has 0 aliphatic heterocycles. The van der Waals surface area contributed by atoms with Gasteiger partial charge in [-0.05, 0) is 25.0 Å². The smallest absolute Gasteiger partial charge is 0 e. The zero-order valence-corrected chi connectivity index (χ0v) is 13.6. The third kappa shape index (κ3) is 3.14. The van der Waals surface area contributed by atoms with Gasteiger partial charge in [0, 0.05) is 32.7 Å². The molecule has 0 nitrogen and oxygen atoms in total. The Kier molecular flexibility index (Phi) is 5.71. The first-order valence-corrected chi connectivity index (χ1v) is 5.24. The summed E-state index contributed by atoms with van der Waals surface area (Å²) in [6, 6.07) is 6.54. The van der Waals surface area contributed by atoms with Gasteiger partial charge in [0.05, 0.1) is 0 Å². The molecule has 0 atom stereocenters. The molecule has 0 bridgehead atoms. The molecule has 81 valence electrons. The van der Waals surface area contributed by atoms with Crippen LogP contribution in [0, 0.1) is 19.8 Å². The van der Waals surface area contributed by atoms with Crippen LogP contribution >= 0.6 is 0 Å². The Labute approximate surface area is 120 Å². The van der Waals surface area contributed by atoms with E-state index in [0.717, 1.165) is 0 Å². The summed E-state index contributed by atoms with van der Waals surface area (Å²) >= 11 is 0. The topological polar surface area (TPSA) is 0 Å². The monoisotopic (exact) mass is 278 g/mol. The van der Waals surface area contributed by atoms with Gasteiger partial charge in [0.25, 0.3) is 0 Å². The zero-order valence-electron chi connectivity index (χ0n) is 10.8. The van der Waals surface area contributed by atoms with Crippen molar-refractivity contribution in [1.82, 2.24) is 0 Å². The number of hydrogen-bond donors (Lipinski definition) is 0. The van der Waals surface area contributed by atoms with E-state index in [1.54, 1.807) is 0 Å². The fraction of sp³-hybridized carbons (Fsp3) is 0.500. The van der Waals surface area contributed by atoms with Gasteiger partial charge in [0.2, 0.25) is 0 Å². The Morgan fingerprint density at radius 2 is 1.40 bits per heavy atom. The van der Waals surface area contributed by atoms with Crippen LogP contribution < -0.4 is 0 Å². The number of benzene rings is 1. The Balaban J connectivity index is 0.00000196. The van der Waals surface area contributed by atoms with E-state index in [0.29, 0.717) is 0 Å². The van der Waals surface area contributed by atoms with E-state index in [9.17, 15) is 0 Å². The average molecular weight is 278 g/mol. The molecule has 15 heavy (non-hydrogen) atoms. The van der Waals surface area contributed by atoms with E-state index in [1.807, 2.05) is 0 Å². The summed E-state index contributed by atoms with van der Waals surface area (Å²) in [6.45, 7) is 13.4. The van der Waals surface area contributed by atoms with Crippen molar-refractivity contribution in [1.29, 1.82) is 0 Å². The summed E-state index contributed by atoms with van der Waals surface area (Å²) in [5.41, 5.74) is 4.47. The molecule has 0 saturated carbocycles. The van der Waals surface area contributed by atoms with Gasteiger partial charge >= 0.3 is 0 Å². The summed E-state index contributed by atoms with van der Waals surface area (Å²) < 4.78 is 0. The Morgan fingerprint density at radius 3 is 1.73 bits per heavy atom. The molecular formula is C14H21Y-. The molecule has 1 heteroatoms. The average Bonchev–Trinajstić information content (AvgIpc) is 2.02. The minimum absolute atomic E-state index is 0. The third-order valence-corrected chi connectivity index (χ3v) is 3.36. The maximum atomic E-state index is 2.30. The van der Waals surface area contributed by atoms with E-state index in [1.165, 1.54) is 22.6 Å². The van der Waals surface area contributed by atoms with Gasteiger partial charge in [-0.3, -0.25) is 0 Å². The molecule has 1 rings (SSSR count). The second-order valence-electron chi connectivity index (χ2n) is 4.89. The van der Waals surface area contributed by atoms with Gasteiger partial charge < -0.3 is 5.92 Å². The normalized spacial score (nSPS) is 11.4. The van der Waals surface area contributed by atoms with Crippen molar-refractivity contribution < 1.29 is 32.7 Å². The van der Waals surface area contributed by atoms with Crippen molar-refractivity contribution in [3.05, 3.63) is 40.8 Å². The van der Waals surface area contributed by atoms with Crippen molar-refractivity contribution in [2.75, 3.05) is 0 Å². The quantitative estimate of drug-likeness (QED) is 0.711. The summed E-state index contributed by atoms with van der Waals surface area (Å²) in [5.74, 6) is 1.47. The largest absolute Gasteiger partial charge is 0.310 e. The molecule has 0 fully saturated rings. The van der Waals surface area contributed by atoms with Gasteiger partial charge in [-0.1, -0.05) is 37.6 Å². The van der Waals surface area contributed by atoms with E-state index >= 15 is 0 Å². The fourth-order valence-electron chi connectivity index (χ4n) is 2.05. The van der Waals surface area contributed by atoms with Gasteiger partial charge in [0.15, 0.2) is 0 Å². The van der Waals surface area contributed by atoms with Crippen LogP contribution in [0.25, 0.3) is 0 Å². The maximum absolute atomic E-state index is 2.30. The molecule has 1 aromatic rings. The molecule has 0 N–H and O–H groups in total. The van der Waals surface area contributed by atoms with E-state index in [4.69, 9.17) is 0 Å². The van der Waals surface area contributed by atoms with Gasteiger partial charge in [-0.25, -0.2) is 0 Å². The predicted octanol–water partition coefficient (Wildman–Crippen LogP) is 4.19. The van der Waals surface area contributed by atoms with Crippen molar-refractivity contribution in [3.63, 3.8) is 0 Å². The summed E-state index contributed by atoms with van der Waals surface area (Å²) in [4.78, 5) is 0. The molecule has 0 aliphatic carbocycles. The van der Waals surface area contributed by atoms with Crippen LogP contribution in [0.1, 0.15) is 44.4 Å². The zero-order chi connectivity index (χ0) is 10.9. The standard InChI is InChI=1S/C14H21.Y/c1-10(2)14(5,6)13-11(3)8-7-9-12(13)4;/h7-9H,1-6H3;/q-1;. The molecule has 0 saturated heterocycles. The number of aryl methyl sites for hydroxylation is 2. The number of rotatable bonds is 2. The second kappa shape index (κ2) is 5.59. The summed E-state index contributed by atoms with van der Waals surface area (Å²) in [6.07, 6.45) is 0. The van der Waals surface area contributed by atoms with Gasteiger partial charge in [0.1, 0.15) is 0 Å². The Hall–Kier alpha value is 0.324. The van der Waals surface area contributed by atoms with Crippen molar-refractivity contribution in [2.24, 2.45) is 0 Å². The minimum atomic E-state index is 0.